The topological polar surface area (TPSA) is 119 Å². The van der Waals surface area contributed by atoms with Crippen molar-refractivity contribution in [3.63, 3.8) is 0 Å². The largest absolute Gasteiger partial charge is 0.370 e. The predicted molar refractivity (Wildman–Crippen MR) is 76.7 cm³/mol. The summed E-state index contributed by atoms with van der Waals surface area (Å²) in [6, 6.07) is 5.49. The summed E-state index contributed by atoms with van der Waals surface area (Å²) in [7, 11) is -3.53. The van der Waals surface area contributed by atoms with E-state index in [4.69, 9.17) is 11.5 Å². The van der Waals surface area contributed by atoms with Crippen LogP contribution in [0.3, 0.4) is 0 Å². The summed E-state index contributed by atoms with van der Waals surface area (Å²) in [6.45, 7) is 4.29. The standard InChI is InChI=1S/C12H18N4O3S/c1-3-16(4-2)20(18,19)10-7-5-9(6-8-10)11(17)15-12(13)14/h5-8H,3-4H2,1-2H3,(H4,13,14,15,17). The molecule has 1 rings (SSSR count). The van der Waals surface area contributed by atoms with Crippen LogP contribution in [0.4, 0.5) is 0 Å². The average molecular weight is 298 g/mol. The summed E-state index contributed by atoms with van der Waals surface area (Å²) in [5.74, 6) is -0.952. The summed E-state index contributed by atoms with van der Waals surface area (Å²) in [5, 5.41) is 0. The van der Waals surface area contributed by atoms with Crippen molar-refractivity contribution in [3.8, 4) is 0 Å². The van der Waals surface area contributed by atoms with Gasteiger partial charge in [-0.2, -0.15) is 9.30 Å². The van der Waals surface area contributed by atoms with Crippen molar-refractivity contribution in [3.05, 3.63) is 29.8 Å². The molecule has 0 spiro atoms. The maximum absolute atomic E-state index is 12.2. The Morgan fingerprint density at radius 3 is 2.05 bits per heavy atom. The van der Waals surface area contributed by atoms with E-state index < -0.39 is 15.9 Å². The zero-order valence-electron chi connectivity index (χ0n) is 11.4. The molecule has 1 aromatic carbocycles. The number of rotatable bonds is 5. The number of sulfonamides is 1. The van der Waals surface area contributed by atoms with E-state index >= 15 is 0 Å². The third kappa shape index (κ3) is 3.55. The van der Waals surface area contributed by atoms with Crippen LogP contribution in [0.1, 0.15) is 24.2 Å². The molecule has 0 aliphatic heterocycles. The van der Waals surface area contributed by atoms with Crippen molar-refractivity contribution in [2.45, 2.75) is 18.7 Å². The van der Waals surface area contributed by atoms with Crippen LogP contribution in [0.2, 0.25) is 0 Å². The van der Waals surface area contributed by atoms with Gasteiger partial charge >= 0.3 is 0 Å². The van der Waals surface area contributed by atoms with E-state index in [-0.39, 0.29) is 16.4 Å². The van der Waals surface area contributed by atoms with Crippen LogP contribution in [0, 0.1) is 0 Å². The van der Waals surface area contributed by atoms with Gasteiger partial charge in [0.2, 0.25) is 10.0 Å². The Labute approximate surface area is 118 Å². The minimum absolute atomic E-state index is 0.127. The van der Waals surface area contributed by atoms with E-state index in [1.54, 1.807) is 13.8 Å². The second-order valence-electron chi connectivity index (χ2n) is 3.96. The number of guanidine groups is 1. The molecule has 0 unspecified atom stereocenters. The smallest absolute Gasteiger partial charge is 0.280 e. The van der Waals surface area contributed by atoms with Crippen molar-refractivity contribution < 1.29 is 13.2 Å². The van der Waals surface area contributed by atoms with Crippen LogP contribution in [-0.2, 0) is 10.0 Å². The first-order valence-corrected chi connectivity index (χ1v) is 7.51. The molecule has 4 N–H and O–H groups in total. The van der Waals surface area contributed by atoms with Crippen molar-refractivity contribution in [2.24, 2.45) is 16.5 Å². The lowest BCUT2D eigenvalue weighted by atomic mass is 10.2. The summed E-state index contributed by atoms with van der Waals surface area (Å²) < 4.78 is 25.8. The van der Waals surface area contributed by atoms with Crippen LogP contribution in [0.15, 0.2) is 34.2 Å². The van der Waals surface area contributed by atoms with Crippen LogP contribution in [-0.4, -0.2) is 37.7 Å². The van der Waals surface area contributed by atoms with Gasteiger partial charge in [0.25, 0.3) is 5.91 Å². The first kappa shape index (κ1) is 16.1. The normalized spacial score (nSPS) is 11.3. The number of aliphatic imine (C=N–C) groups is 1. The quantitative estimate of drug-likeness (QED) is 0.591. The number of amides is 1. The highest BCUT2D eigenvalue weighted by Gasteiger charge is 2.21. The molecule has 8 heteroatoms. The number of hydrogen-bond acceptors (Lipinski definition) is 3. The Morgan fingerprint density at radius 2 is 1.65 bits per heavy atom. The summed E-state index contributed by atoms with van der Waals surface area (Å²) in [6.07, 6.45) is 0. The monoisotopic (exact) mass is 298 g/mol. The number of nitrogens with two attached hydrogens (primary N) is 2. The SMILES string of the molecule is CCN(CC)S(=O)(=O)c1ccc(C(=O)N=C(N)N)cc1. The van der Waals surface area contributed by atoms with Crippen LogP contribution in [0.25, 0.3) is 0 Å². The van der Waals surface area contributed by atoms with Gasteiger partial charge in [-0.3, -0.25) is 4.79 Å². The van der Waals surface area contributed by atoms with Gasteiger partial charge < -0.3 is 11.5 Å². The lowest BCUT2D eigenvalue weighted by Crippen LogP contribution is -2.30. The molecule has 0 atom stereocenters. The fourth-order valence-electron chi connectivity index (χ4n) is 1.66. The van der Waals surface area contributed by atoms with Crippen molar-refractivity contribution in [1.29, 1.82) is 0 Å². The first-order chi connectivity index (χ1) is 9.32. The highest BCUT2D eigenvalue weighted by molar-refractivity contribution is 7.89. The van der Waals surface area contributed by atoms with Crippen LogP contribution < -0.4 is 11.5 Å². The van der Waals surface area contributed by atoms with Gasteiger partial charge in [-0.05, 0) is 24.3 Å². The lowest BCUT2D eigenvalue weighted by Gasteiger charge is -2.18. The summed E-state index contributed by atoms with van der Waals surface area (Å²) >= 11 is 0. The molecule has 0 saturated carbocycles. The molecular formula is C12H18N4O3S. The van der Waals surface area contributed by atoms with Gasteiger partial charge in [-0.15, -0.1) is 0 Å². The molecule has 0 radical (unpaired) electrons. The fourth-order valence-corrected chi connectivity index (χ4v) is 3.12. The van der Waals surface area contributed by atoms with E-state index in [2.05, 4.69) is 4.99 Å². The molecule has 1 aromatic rings. The van der Waals surface area contributed by atoms with Crippen LogP contribution >= 0.6 is 0 Å². The maximum atomic E-state index is 12.2. The van der Waals surface area contributed by atoms with Gasteiger partial charge in [0.15, 0.2) is 5.96 Å². The second-order valence-corrected chi connectivity index (χ2v) is 5.89. The van der Waals surface area contributed by atoms with E-state index in [1.807, 2.05) is 0 Å². The molecule has 20 heavy (non-hydrogen) atoms. The molecule has 110 valence electrons. The third-order valence-corrected chi connectivity index (χ3v) is 4.74. The van der Waals surface area contributed by atoms with Crippen molar-refractivity contribution in [1.82, 2.24) is 4.31 Å². The average Bonchev–Trinajstić information content (AvgIpc) is 2.39. The van der Waals surface area contributed by atoms with Gasteiger partial charge in [-0.1, -0.05) is 13.8 Å². The van der Waals surface area contributed by atoms with E-state index in [9.17, 15) is 13.2 Å². The second kappa shape index (κ2) is 6.49. The van der Waals surface area contributed by atoms with Gasteiger partial charge in [0.05, 0.1) is 4.90 Å². The molecule has 1 amide bonds. The maximum Gasteiger partial charge on any atom is 0.280 e. The number of carbonyl (C=O) groups excluding carboxylic acids is 1. The zero-order valence-corrected chi connectivity index (χ0v) is 12.2. The fraction of sp³-hybridized carbons (Fsp3) is 0.333. The number of benzene rings is 1. The Balaban J connectivity index is 3.09. The van der Waals surface area contributed by atoms with Gasteiger partial charge in [0, 0.05) is 18.7 Å². The highest BCUT2D eigenvalue weighted by Crippen LogP contribution is 2.16. The lowest BCUT2D eigenvalue weighted by molar-refractivity contribution is 0.100. The molecule has 0 aromatic heterocycles. The van der Waals surface area contributed by atoms with E-state index in [0.717, 1.165) is 0 Å². The van der Waals surface area contributed by atoms with Crippen molar-refractivity contribution >= 4 is 21.9 Å². The molecule has 0 heterocycles. The predicted octanol–water partition coefficient (Wildman–Crippen LogP) is 0.131. The van der Waals surface area contributed by atoms with Crippen LogP contribution in [0.5, 0.6) is 0 Å². The third-order valence-electron chi connectivity index (χ3n) is 2.68. The molecule has 0 bridgehead atoms. The minimum atomic E-state index is -3.53. The highest BCUT2D eigenvalue weighted by atomic mass is 32.2. The number of hydrogen-bond donors (Lipinski definition) is 2. The Hall–Kier alpha value is -1.93. The molecule has 0 aliphatic rings. The molecular weight excluding hydrogens is 280 g/mol. The summed E-state index contributed by atoms with van der Waals surface area (Å²) in [5.41, 5.74) is 10.4. The first-order valence-electron chi connectivity index (χ1n) is 6.07. The zero-order chi connectivity index (χ0) is 15.3. The number of nitrogens with zero attached hydrogens (tertiary/aromatic N) is 2. The number of carbonyl (C=O) groups is 1. The van der Waals surface area contributed by atoms with Crippen molar-refractivity contribution in [2.75, 3.05) is 13.1 Å². The molecule has 0 fully saturated rings. The molecule has 7 nitrogen and oxygen atoms in total. The van der Waals surface area contributed by atoms with Gasteiger partial charge in [0.1, 0.15) is 0 Å². The Morgan fingerprint density at radius 1 is 1.15 bits per heavy atom. The van der Waals surface area contributed by atoms with Gasteiger partial charge in [-0.25, -0.2) is 8.42 Å². The summed E-state index contributed by atoms with van der Waals surface area (Å²) in [4.78, 5) is 15.1. The van der Waals surface area contributed by atoms with E-state index in [1.165, 1.54) is 28.6 Å². The Kier molecular flexibility index (Phi) is 5.23. The molecule has 0 aliphatic carbocycles. The molecule has 0 saturated heterocycles. The minimum Gasteiger partial charge on any atom is -0.370 e. The Bertz CT molecular complexity index is 600. The van der Waals surface area contributed by atoms with E-state index in [0.29, 0.717) is 13.1 Å².